The van der Waals surface area contributed by atoms with E-state index in [0.717, 1.165) is 42.4 Å². The molecule has 0 aromatic heterocycles. The lowest BCUT2D eigenvalue weighted by molar-refractivity contribution is -0.128. The predicted octanol–water partition coefficient (Wildman–Crippen LogP) is 3.76. The number of ketones is 1. The summed E-state index contributed by atoms with van der Waals surface area (Å²) < 4.78 is 0. The molecule has 1 N–H and O–H groups in total. The quantitative estimate of drug-likeness (QED) is 0.769. The highest BCUT2D eigenvalue weighted by Gasteiger charge is 2.56. The van der Waals surface area contributed by atoms with Crippen molar-refractivity contribution in [3.05, 3.63) is 28.8 Å². The van der Waals surface area contributed by atoms with Crippen molar-refractivity contribution in [2.75, 3.05) is 0 Å². The molecule has 0 aliphatic heterocycles. The lowest BCUT2D eigenvalue weighted by Crippen LogP contribution is -2.40. The van der Waals surface area contributed by atoms with Crippen molar-refractivity contribution in [2.24, 2.45) is 0 Å². The van der Waals surface area contributed by atoms with Gasteiger partial charge < -0.3 is 5.11 Å². The highest BCUT2D eigenvalue weighted by atomic mass is 16.3. The third kappa shape index (κ3) is 1.52. The summed E-state index contributed by atoms with van der Waals surface area (Å²) in [6.45, 7) is 6.10. The first-order valence-corrected chi connectivity index (χ1v) is 7.29. The number of fused-ring (bicyclic) bond motifs is 2. The Bertz CT molecular complexity index is 549. The molecule has 2 nitrogen and oxygen atoms in total. The van der Waals surface area contributed by atoms with Crippen LogP contribution in [0.4, 0.5) is 0 Å². The molecule has 1 aromatic carbocycles. The van der Waals surface area contributed by atoms with Gasteiger partial charge in [-0.1, -0.05) is 19.3 Å². The van der Waals surface area contributed by atoms with Crippen molar-refractivity contribution in [1.29, 1.82) is 0 Å². The average molecular weight is 258 g/mol. The van der Waals surface area contributed by atoms with Crippen LogP contribution in [0.15, 0.2) is 12.1 Å². The number of hydrogen-bond acceptors (Lipinski definition) is 2. The number of benzene rings is 1. The van der Waals surface area contributed by atoms with E-state index in [0.29, 0.717) is 11.5 Å². The number of Topliss-reactive ketones (excluding diaryl/α,β-unsaturated/α-hetero) is 1. The second kappa shape index (κ2) is 3.84. The highest BCUT2D eigenvalue weighted by Crippen LogP contribution is 2.54. The fraction of sp³-hybridized carbons (Fsp3) is 0.588. The van der Waals surface area contributed by atoms with Crippen molar-refractivity contribution in [3.8, 4) is 5.75 Å². The molecule has 0 atom stereocenters. The number of aryl methyl sites for hydroxylation is 1. The molecule has 2 aliphatic carbocycles. The van der Waals surface area contributed by atoms with E-state index in [4.69, 9.17) is 0 Å². The minimum atomic E-state index is -0.412. The van der Waals surface area contributed by atoms with Crippen LogP contribution in [0.25, 0.3) is 0 Å². The first kappa shape index (κ1) is 12.7. The average Bonchev–Trinajstić information content (AvgIpc) is 2.50. The van der Waals surface area contributed by atoms with Gasteiger partial charge in [-0.25, -0.2) is 0 Å². The zero-order valence-corrected chi connectivity index (χ0v) is 12.0. The molecule has 0 radical (unpaired) electrons. The number of hydrogen-bond donors (Lipinski definition) is 1. The minimum absolute atomic E-state index is 0.298. The maximum atomic E-state index is 13.0. The summed E-state index contributed by atoms with van der Waals surface area (Å²) in [4.78, 5) is 13.0. The lowest BCUT2D eigenvalue weighted by atomic mass is 9.68. The summed E-state index contributed by atoms with van der Waals surface area (Å²) >= 11 is 0. The van der Waals surface area contributed by atoms with Gasteiger partial charge in [0.15, 0.2) is 5.78 Å². The van der Waals surface area contributed by atoms with Gasteiger partial charge in [-0.3, -0.25) is 4.79 Å². The van der Waals surface area contributed by atoms with E-state index in [9.17, 15) is 9.90 Å². The zero-order valence-electron chi connectivity index (χ0n) is 12.0. The third-order valence-electron chi connectivity index (χ3n) is 5.17. The molecule has 0 heterocycles. The predicted molar refractivity (Wildman–Crippen MR) is 75.6 cm³/mol. The van der Waals surface area contributed by atoms with Gasteiger partial charge in [0.05, 0.1) is 5.41 Å². The van der Waals surface area contributed by atoms with Crippen molar-refractivity contribution < 1.29 is 9.90 Å². The monoisotopic (exact) mass is 258 g/mol. The molecule has 0 unspecified atom stereocenters. The summed E-state index contributed by atoms with van der Waals surface area (Å²) in [5, 5.41) is 9.94. The smallest absolute Gasteiger partial charge is 0.153 e. The molecule has 2 aliphatic rings. The van der Waals surface area contributed by atoms with Gasteiger partial charge in [0.2, 0.25) is 0 Å². The molecule has 1 aromatic rings. The molecule has 0 saturated heterocycles. The molecule has 3 rings (SSSR count). The molecular weight excluding hydrogens is 236 g/mol. The van der Waals surface area contributed by atoms with Crippen LogP contribution in [0.3, 0.4) is 0 Å². The Morgan fingerprint density at radius 2 is 1.74 bits per heavy atom. The summed E-state index contributed by atoms with van der Waals surface area (Å²) in [5.74, 6) is 0.662. The fourth-order valence-electron chi connectivity index (χ4n) is 4.46. The topological polar surface area (TPSA) is 37.3 Å². The lowest BCUT2D eigenvalue weighted by Gasteiger charge is -2.34. The molecule has 0 bridgehead atoms. The Labute approximate surface area is 114 Å². The standard InChI is InChI=1S/C17H22O2/c1-11-9-12(18)10-13-14(11)16(2,3)15(19)17(13)7-5-4-6-8-17/h9-10,18H,4-8H2,1-3H3. The summed E-state index contributed by atoms with van der Waals surface area (Å²) in [6.07, 6.45) is 5.37. The van der Waals surface area contributed by atoms with E-state index in [2.05, 4.69) is 0 Å². The van der Waals surface area contributed by atoms with E-state index in [-0.39, 0.29) is 5.41 Å². The van der Waals surface area contributed by atoms with Crippen LogP contribution in [-0.4, -0.2) is 10.9 Å². The van der Waals surface area contributed by atoms with Crippen molar-refractivity contribution >= 4 is 5.78 Å². The van der Waals surface area contributed by atoms with Gasteiger partial charge in [0.1, 0.15) is 5.75 Å². The number of carbonyl (C=O) groups excluding carboxylic acids is 1. The molecule has 102 valence electrons. The molecule has 19 heavy (non-hydrogen) atoms. The number of phenols is 1. The minimum Gasteiger partial charge on any atom is -0.508 e. The first-order chi connectivity index (χ1) is 8.89. The Morgan fingerprint density at radius 1 is 1.11 bits per heavy atom. The van der Waals surface area contributed by atoms with Gasteiger partial charge in [-0.15, -0.1) is 0 Å². The van der Waals surface area contributed by atoms with Crippen LogP contribution in [0.5, 0.6) is 5.75 Å². The maximum absolute atomic E-state index is 13.0. The Kier molecular flexibility index (Phi) is 2.57. The van der Waals surface area contributed by atoms with E-state index in [1.165, 1.54) is 6.42 Å². The number of rotatable bonds is 0. The van der Waals surface area contributed by atoms with Gasteiger partial charge in [-0.2, -0.15) is 0 Å². The zero-order chi connectivity index (χ0) is 13.8. The number of carbonyl (C=O) groups is 1. The van der Waals surface area contributed by atoms with Gasteiger partial charge >= 0.3 is 0 Å². The summed E-state index contributed by atoms with van der Waals surface area (Å²) in [5.41, 5.74) is 2.60. The van der Waals surface area contributed by atoms with E-state index >= 15 is 0 Å². The highest BCUT2D eigenvalue weighted by molar-refractivity contribution is 6.04. The van der Waals surface area contributed by atoms with Crippen LogP contribution in [-0.2, 0) is 15.6 Å². The van der Waals surface area contributed by atoms with Crippen molar-refractivity contribution in [2.45, 2.75) is 63.7 Å². The molecule has 1 spiro atoms. The maximum Gasteiger partial charge on any atom is 0.153 e. The SMILES string of the molecule is Cc1cc(O)cc2c1C(C)(C)C(=O)C21CCCCC1. The second-order valence-electron chi connectivity index (χ2n) is 6.78. The number of phenolic OH excluding ortho intramolecular Hbond substituents is 1. The Hall–Kier alpha value is -1.31. The van der Waals surface area contributed by atoms with Gasteiger partial charge in [0, 0.05) is 5.41 Å². The van der Waals surface area contributed by atoms with Crippen LogP contribution >= 0.6 is 0 Å². The van der Waals surface area contributed by atoms with Gasteiger partial charge in [-0.05, 0) is 62.4 Å². The molecule has 2 heteroatoms. The number of aromatic hydroxyl groups is 1. The molecular formula is C17H22O2. The third-order valence-corrected chi connectivity index (χ3v) is 5.17. The first-order valence-electron chi connectivity index (χ1n) is 7.29. The van der Waals surface area contributed by atoms with Gasteiger partial charge in [0.25, 0.3) is 0 Å². The molecule has 0 amide bonds. The Morgan fingerprint density at radius 3 is 2.37 bits per heavy atom. The van der Waals surface area contributed by atoms with Crippen LogP contribution in [0.1, 0.15) is 62.6 Å². The normalized spacial score (nSPS) is 23.6. The molecule has 1 fully saturated rings. The van der Waals surface area contributed by atoms with E-state index < -0.39 is 5.41 Å². The Balaban J connectivity index is 2.29. The van der Waals surface area contributed by atoms with Crippen LogP contribution in [0, 0.1) is 6.92 Å². The molecule has 1 saturated carbocycles. The van der Waals surface area contributed by atoms with Crippen LogP contribution < -0.4 is 0 Å². The van der Waals surface area contributed by atoms with Crippen molar-refractivity contribution in [3.63, 3.8) is 0 Å². The van der Waals surface area contributed by atoms with Crippen LogP contribution in [0.2, 0.25) is 0 Å². The summed E-state index contributed by atoms with van der Waals surface area (Å²) in [6, 6.07) is 3.63. The second-order valence-corrected chi connectivity index (χ2v) is 6.78. The van der Waals surface area contributed by atoms with Crippen molar-refractivity contribution in [1.82, 2.24) is 0 Å². The van der Waals surface area contributed by atoms with E-state index in [1.54, 1.807) is 6.07 Å². The van der Waals surface area contributed by atoms with E-state index in [1.807, 2.05) is 26.8 Å². The fourth-order valence-corrected chi connectivity index (χ4v) is 4.46. The summed E-state index contributed by atoms with van der Waals surface area (Å²) in [7, 11) is 0. The largest absolute Gasteiger partial charge is 0.508 e.